The number of aromatic nitrogens is 3. The van der Waals surface area contributed by atoms with Crippen LogP contribution in [-0.4, -0.2) is 51.5 Å². The van der Waals surface area contributed by atoms with Gasteiger partial charge in [-0.1, -0.05) is 6.07 Å². The number of hydrogen-bond acceptors (Lipinski definition) is 5. The molecule has 2 aromatic rings. The first kappa shape index (κ1) is 16.2. The van der Waals surface area contributed by atoms with Crippen LogP contribution in [-0.2, 0) is 22.6 Å². The number of rotatable bonds is 4. The van der Waals surface area contributed by atoms with Crippen LogP contribution in [0.4, 0.5) is 0 Å². The number of carbonyl (C=O) groups is 1. The van der Waals surface area contributed by atoms with Gasteiger partial charge in [-0.2, -0.15) is 0 Å². The maximum absolute atomic E-state index is 12.9. The van der Waals surface area contributed by atoms with Gasteiger partial charge < -0.3 is 19.9 Å². The summed E-state index contributed by atoms with van der Waals surface area (Å²) in [7, 11) is 0. The summed E-state index contributed by atoms with van der Waals surface area (Å²) in [6.45, 7) is 2.78. The molecule has 2 aromatic heterocycles. The third-order valence-electron chi connectivity index (χ3n) is 4.94. The number of aromatic amines is 1. The van der Waals surface area contributed by atoms with Gasteiger partial charge in [0.1, 0.15) is 6.04 Å². The van der Waals surface area contributed by atoms with E-state index < -0.39 is 0 Å². The van der Waals surface area contributed by atoms with Crippen molar-refractivity contribution in [2.24, 2.45) is 0 Å². The number of piperidine rings is 1. The fraction of sp³-hybridized carbons (Fsp3) is 0.500. The SMILES string of the molecule is O=C(C1NCCc2[nH]cnc21)N1CCC(OCc2ccccn2)CC1. The van der Waals surface area contributed by atoms with Crippen LogP contribution in [0.3, 0.4) is 0 Å². The molecule has 0 saturated carbocycles. The molecule has 1 fully saturated rings. The largest absolute Gasteiger partial charge is 0.372 e. The standard InChI is InChI=1S/C18H23N5O2/c24-18(17-16-15(4-8-20-17)21-12-22-16)23-9-5-14(6-10-23)25-11-13-3-1-2-7-19-13/h1-3,7,12,14,17,20H,4-6,8-11H2,(H,21,22). The van der Waals surface area contributed by atoms with Crippen molar-refractivity contribution < 1.29 is 9.53 Å². The Bertz CT molecular complexity index is 709. The van der Waals surface area contributed by atoms with Crippen molar-refractivity contribution in [3.05, 3.63) is 47.8 Å². The number of nitrogens with one attached hydrogen (secondary N) is 2. The minimum atomic E-state index is -0.319. The molecule has 4 rings (SSSR count). The van der Waals surface area contributed by atoms with Crippen molar-refractivity contribution in [1.29, 1.82) is 0 Å². The first-order chi connectivity index (χ1) is 12.3. The molecule has 2 aliphatic heterocycles. The number of pyridine rings is 1. The van der Waals surface area contributed by atoms with Gasteiger partial charge in [0.25, 0.3) is 0 Å². The fourth-order valence-electron chi connectivity index (χ4n) is 3.54. The molecule has 1 atom stereocenters. The molecule has 132 valence electrons. The highest BCUT2D eigenvalue weighted by molar-refractivity contribution is 5.83. The summed E-state index contributed by atoms with van der Waals surface area (Å²) in [5, 5.41) is 3.30. The molecule has 7 nitrogen and oxygen atoms in total. The van der Waals surface area contributed by atoms with E-state index in [9.17, 15) is 4.79 Å². The second-order valence-corrected chi connectivity index (χ2v) is 6.56. The third kappa shape index (κ3) is 3.57. The van der Waals surface area contributed by atoms with Crippen molar-refractivity contribution in [1.82, 2.24) is 25.2 Å². The van der Waals surface area contributed by atoms with Gasteiger partial charge in [0.2, 0.25) is 5.91 Å². The molecule has 0 aliphatic carbocycles. The van der Waals surface area contributed by atoms with Crippen molar-refractivity contribution in [2.45, 2.75) is 38.0 Å². The summed E-state index contributed by atoms with van der Waals surface area (Å²) in [5.41, 5.74) is 2.87. The van der Waals surface area contributed by atoms with E-state index in [1.807, 2.05) is 23.1 Å². The summed E-state index contributed by atoms with van der Waals surface area (Å²) in [6, 6.07) is 5.51. The normalized spacial score (nSPS) is 21.1. The van der Waals surface area contributed by atoms with Crippen molar-refractivity contribution in [3.8, 4) is 0 Å². The van der Waals surface area contributed by atoms with Gasteiger partial charge in [0.15, 0.2) is 0 Å². The predicted octanol–water partition coefficient (Wildman–Crippen LogP) is 1.20. The molecule has 0 aromatic carbocycles. The summed E-state index contributed by atoms with van der Waals surface area (Å²) >= 11 is 0. The molecule has 7 heteroatoms. The Labute approximate surface area is 146 Å². The molecule has 2 N–H and O–H groups in total. The van der Waals surface area contributed by atoms with Gasteiger partial charge >= 0.3 is 0 Å². The number of ether oxygens (including phenoxy) is 1. The number of H-pyrrole nitrogens is 1. The van der Waals surface area contributed by atoms with Gasteiger partial charge in [0.05, 0.1) is 30.4 Å². The van der Waals surface area contributed by atoms with Gasteiger partial charge in [-0.15, -0.1) is 0 Å². The van der Waals surface area contributed by atoms with Crippen LogP contribution in [0.25, 0.3) is 0 Å². The van der Waals surface area contributed by atoms with Crippen LogP contribution in [0.15, 0.2) is 30.7 Å². The number of nitrogens with zero attached hydrogens (tertiary/aromatic N) is 3. The van der Waals surface area contributed by atoms with Crippen LogP contribution >= 0.6 is 0 Å². The van der Waals surface area contributed by atoms with Crippen LogP contribution in [0, 0.1) is 0 Å². The van der Waals surface area contributed by atoms with E-state index in [1.165, 1.54) is 0 Å². The second kappa shape index (κ2) is 7.33. The first-order valence-corrected chi connectivity index (χ1v) is 8.87. The average Bonchev–Trinajstić information content (AvgIpc) is 3.16. The van der Waals surface area contributed by atoms with E-state index in [1.54, 1.807) is 12.5 Å². The van der Waals surface area contributed by atoms with Gasteiger partial charge in [0, 0.05) is 37.9 Å². The molecule has 1 amide bonds. The highest BCUT2D eigenvalue weighted by Gasteiger charge is 2.33. The van der Waals surface area contributed by atoms with Gasteiger partial charge in [-0.3, -0.25) is 9.78 Å². The zero-order chi connectivity index (χ0) is 17.1. The molecule has 1 unspecified atom stereocenters. The summed E-state index contributed by atoms with van der Waals surface area (Å²) in [5.74, 6) is 0.122. The van der Waals surface area contributed by atoms with Gasteiger partial charge in [-0.25, -0.2) is 4.98 Å². The molecular formula is C18H23N5O2. The van der Waals surface area contributed by atoms with Crippen LogP contribution in [0.1, 0.15) is 36.0 Å². The molecule has 25 heavy (non-hydrogen) atoms. The molecule has 0 spiro atoms. The molecule has 0 bridgehead atoms. The Hall–Kier alpha value is -2.25. The van der Waals surface area contributed by atoms with E-state index in [2.05, 4.69) is 20.3 Å². The summed E-state index contributed by atoms with van der Waals surface area (Å²) in [4.78, 5) is 26.5. The first-order valence-electron chi connectivity index (χ1n) is 8.87. The quantitative estimate of drug-likeness (QED) is 0.873. The maximum Gasteiger partial charge on any atom is 0.246 e. The molecule has 1 saturated heterocycles. The minimum Gasteiger partial charge on any atom is -0.372 e. The van der Waals surface area contributed by atoms with E-state index in [0.29, 0.717) is 6.61 Å². The summed E-state index contributed by atoms with van der Waals surface area (Å²) < 4.78 is 5.95. The number of fused-ring (bicyclic) bond motifs is 1. The van der Waals surface area contributed by atoms with Crippen LogP contribution in [0.2, 0.25) is 0 Å². The number of carbonyl (C=O) groups excluding carboxylic acids is 1. The molecule has 4 heterocycles. The van der Waals surface area contributed by atoms with E-state index in [4.69, 9.17) is 4.74 Å². The summed E-state index contributed by atoms with van der Waals surface area (Å²) in [6.07, 6.45) is 6.25. The lowest BCUT2D eigenvalue weighted by atomic mass is 10.0. The van der Waals surface area contributed by atoms with Gasteiger partial charge in [-0.05, 0) is 25.0 Å². The Kier molecular flexibility index (Phi) is 4.76. The predicted molar refractivity (Wildman–Crippen MR) is 91.7 cm³/mol. The lowest BCUT2D eigenvalue weighted by Gasteiger charge is -2.35. The number of likely N-dealkylation sites (tertiary alicyclic amines) is 1. The average molecular weight is 341 g/mol. The number of amides is 1. The Morgan fingerprint density at radius 3 is 2.96 bits per heavy atom. The van der Waals surface area contributed by atoms with Crippen molar-refractivity contribution in [2.75, 3.05) is 19.6 Å². The Balaban J connectivity index is 1.30. The zero-order valence-electron chi connectivity index (χ0n) is 14.1. The van der Waals surface area contributed by atoms with E-state index >= 15 is 0 Å². The van der Waals surface area contributed by atoms with E-state index in [-0.39, 0.29) is 18.1 Å². The number of hydrogen-bond donors (Lipinski definition) is 2. The maximum atomic E-state index is 12.9. The highest BCUT2D eigenvalue weighted by Crippen LogP contribution is 2.24. The fourth-order valence-corrected chi connectivity index (χ4v) is 3.54. The molecule has 2 aliphatic rings. The van der Waals surface area contributed by atoms with Crippen molar-refractivity contribution in [3.63, 3.8) is 0 Å². The van der Waals surface area contributed by atoms with Crippen molar-refractivity contribution >= 4 is 5.91 Å². The monoisotopic (exact) mass is 341 g/mol. The van der Waals surface area contributed by atoms with E-state index in [0.717, 1.165) is 56.0 Å². The van der Waals surface area contributed by atoms with Crippen LogP contribution < -0.4 is 5.32 Å². The smallest absolute Gasteiger partial charge is 0.246 e. The lowest BCUT2D eigenvalue weighted by Crippen LogP contribution is -2.47. The zero-order valence-corrected chi connectivity index (χ0v) is 14.1. The second-order valence-electron chi connectivity index (χ2n) is 6.56. The molecule has 0 radical (unpaired) electrons. The topological polar surface area (TPSA) is 83.1 Å². The minimum absolute atomic E-state index is 0.122. The van der Waals surface area contributed by atoms with Crippen LogP contribution in [0.5, 0.6) is 0 Å². The third-order valence-corrected chi connectivity index (χ3v) is 4.94. The Morgan fingerprint density at radius 1 is 1.28 bits per heavy atom. The lowest BCUT2D eigenvalue weighted by molar-refractivity contribution is -0.136. The molecular weight excluding hydrogens is 318 g/mol. The number of imidazole rings is 1. The highest BCUT2D eigenvalue weighted by atomic mass is 16.5. The Morgan fingerprint density at radius 2 is 2.16 bits per heavy atom.